The molecular weight excluding hydrogens is 496 g/mol. The van der Waals surface area contributed by atoms with Crippen molar-refractivity contribution >= 4 is 23.9 Å². The lowest BCUT2D eigenvalue weighted by atomic mass is 10.0. The van der Waals surface area contributed by atoms with E-state index in [1.165, 1.54) is 51.6 Å². The maximum atomic E-state index is 6.01. The highest BCUT2D eigenvalue weighted by molar-refractivity contribution is 5.79. The summed E-state index contributed by atoms with van der Waals surface area (Å²) < 4.78 is 6.01. The van der Waals surface area contributed by atoms with Gasteiger partial charge in [-0.2, -0.15) is 4.98 Å². The van der Waals surface area contributed by atoms with Gasteiger partial charge in [-0.25, -0.2) is 4.98 Å². The van der Waals surface area contributed by atoms with Crippen LogP contribution in [0.4, 0.5) is 11.8 Å². The highest BCUT2D eigenvalue weighted by Crippen LogP contribution is 2.33. The third-order valence-electron chi connectivity index (χ3n) is 9.03. The summed E-state index contributed by atoms with van der Waals surface area (Å²) in [6, 6.07) is 1.01. The van der Waals surface area contributed by atoms with Crippen molar-refractivity contribution in [3.8, 4) is 11.8 Å². The van der Waals surface area contributed by atoms with Crippen LogP contribution in [0.5, 0.6) is 0 Å². The van der Waals surface area contributed by atoms with Gasteiger partial charge in [0.15, 0.2) is 0 Å². The molecule has 4 heterocycles. The number of nitrogens with one attached hydrogen (secondary N) is 1. The Kier molecular flexibility index (Phi) is 10.2. The molecule has 7 heteroatoms. The van der Waals surface area contributed by atoms with Crippen LogP contribution in [0.25, 0.3) is 12.2 Å². The van der Waals surface area contributed by atoms with Crippen LogP contribution in [0.1, 0.15) is 89.8 Å². The van der Waals surface area contributed by atoms with Crippen LogP contribution < -0.4 is 10.2 Å². The Hall–Kier alpha value is -2.40. The van der Waals surface area contributed by atoms with Crippen molar-refractivity contribution < 1.29 is 4.74 Å². The van der Waals surface area contributed by atoms with E-state index in [9.17, 15) is 0 Å². The van der Waals surface area contributed by atoms with Gasteiger partial charge < -0.3 is 24.8 Å². The van der Waals surface area contributed by atoms with Crippen LogP contribution in [0.15, 0.2) is 11.1 Å². The van der Waals surface area contributed by atoms with Crippen LogP contribution in [0, 0.1) is 11.8 Å². The van der Waals surface area contributed by atoms with Crippen molar-refractivity contribution in [1.82, 2.24) is 19.8 Å². The summed E-state index contributed by atoms with van der Waals surface area (Å²) >= 11 is 0. The summed E-state index contributed by atoms with van der Waals surface area (Å²) in [6.07, 6.45) is 15.0. The number of ether oxygens (including phenoxy) is 1. The van der Waals surface area contributed by atoms with Crippen molar-refractivity contribution in [2.24, 2.45) is 0 Å². The quantitative estimate of drug-likeness (QED) is 0.457. The van der Waals surface area contributed by atoms with Gasteiger partial charge in [-0.3, -0.25) is 0 Å². The van der Waals surface area contributed by atoms with E-state index >= 15 is 0 Å². The van der Waals surface area contributed by atoms with Crippen LogP contribution in [0.3, 0.4) is 0 Å². The van der Waals surface area contributed by atoms with E-state index < -0.39 is 0 Å². The molecule has 3 fully saturated rings. The Morgan fingerprint density at radius 2 is 1.65 bits per heavy atom. The number of hydrogen-bond donors (Lipinski definition) is 1. The maximum Gasteiger partial charge on any atom is 0.227 e. The summed E-state index contributed by atoms with van der Waals surface area (Å²) in [6.45, 7) is 14.5. The van der Waals surface area contributed by atoms with Gasteiger partial charge in [0.1, 0.15) is 11.9 Å². The average Bonchev–Trinajstić information content (AvgIpc) is 3.25. The van der Waals surface area contributed by atoms with E-state index in [1.807, 2.05) is 0 Å². The molecule has 0 amide bonds. The summed E-state index contributed by atoms with van der Waals surface area (Å²) in [5.74, 6) is 8.77. The van der Waals surface area contributed by atoms with Gasteiger partial charge in [-0.15, -0.1) is 0 Å². The Morgan fingerprint density at radius 3 is 2.33 bits per heavy atom. The van der Waals surface area contributed by atoms with Crippen molar-refractivity contribution in [2.75, 3.05) is 63.1 Å². The number of hydrogen-bond acceptors (Lipinski definition) is 7. The number of methoxy groups -OCH3 is 1. The summed E-state index contributed by atoms with van der Waals surface area (Å²) in [5, 5.41) is 3.88. The molecule has 1 aromatic heterocycles. The Balaban J connectivity index is 1.46. The number of piperidine rings is 1. The smallest absolute Gasteiger partial charge is 0.227 e. The normalized spacial score (nSPS) is 23.1. The molecule has 40 heavy (non-hydrogen) atoms. The number of likely N-dealkylation sites (tertiary alicyclic amines) is 2. The second-order valence-corrected chi connectivity index (χ2v) is 12.3. The van der Waals surface area contributed by atoms with Gasteiger partial charge in [0.25, 0.3) is 0 Å². The third-order valence-corrected chi connectivity index (χ3v) is 9.03. The highest BCUT2D eigenvalue weighted by atomic mass is 16.5. The molecule has 1 N–H and O–H groups in total. The second kappa shape index (κ2) is 14.0. The molecule has 0 bridgehead atoms. The molecule has 4 aliphatic rings. The largest absolute Gasteiger partial charge is 0.372 e. The number of rotatable bonds is 7. The zero-order chi connectivity index (χ0) is 27.9. The molecule has 0 spiro atoms. The number of anilines is 2. The van der Waals surface area contributed by atoms with Gasteiger partial charge in [0.2, 0.25) is 5.95 Å². The van der Waals surface area contributed by atoms with Crippen LogP contribution >= 0.6 is 0 Å². The van der Waals surface area contributed by atoms with E-state index in [0.717, 1.165) is 86.2 Å². The van der Waals surface area contributed by atoms with Crippen molar-refractivity contribution in [3.05, 3.63) is 22.4 Å². The highest BCUT2D eigenvalue weighted by Gasteiger charge is 2.27. The first-order chi connectivity index (χ1) is 19.5. The van der Waals surface area contributed by atoms with Crippen LogP contribution in [0.2, 0.25) is 0 Å². The summed E-state index contributed by atoms with van der Waals surface area (Å²) in [5.41, 5.74) is 4.16. The second-order valence-electron chi connectivity index (χ2n) is 12.3. The molecule has 3 saturated heterocycles. The standard InChI is InChI=1S/C33H50N6O/c1-25(2)38-21-14-28(15-22-38)34-32-29-23-26(3)31(40-4)27(13-7-10-16-37-17-11-12-18-37)24-30(29)35-33(36-32)39-19-8-5-6-9-20-39/h23-25,28,31H,5-6,8-12,14-22H2,1-4H3,(H,34,35,36). The molecule has 1 atom stereocenters. The predicted octanol–water partition coefficient (Wildman–Crippen LogP) is 5.45. The Labute approximate surface area is 242 Å². The van der Waals surface area contributed by atoms with E-state index in [0.29, 0.717) is 12.1 Å². The molecule has 0 radical (unpaired) electrons. The Morgan fingerprint density at radius 1 is 0.950 bits per heavy atom. The first kappa shape index (κ1) is 29.1. The fourth-order valence-electron chi connectivity index (χ4n) is 6.57. The topological polar surface area (TPSA) is 56.8 Å². The van der Waals surface area contributed by atoms with E-state index in [2.05, 4.69) is 64.8 Å². The number of fused-ring (bicyclic) bond motifs is 1. The van der Waals surface area contributed by atoms with Crippen LogP contribution in [-0.2, 0) is 4.74 Å². The van der Waals surface area contributed by atoms with Gasteiger partial charge in [0.05, 0.1) is 5.69 Å². The molecule has 1 aromatic rings. The fraction of sp³-hybridized carbons (Fsp3) is 0.697. The zero-order valence-electron chi connectivity index (χ0n) is 25.3. The summed E-state index contributed by atoms with van der Waals surface area (Å²) in [7, 11) is 1.79. The van der Waals surface area contributed by atoms with E-state index in [-0.39, 0.29) is 6.10 Å². The maximum absolute atomic E-state index is 6.01. The molecule has 1 unspecified atom stereocenters. The third kappa shape index (κ3) is 7.26. The first-order valence-corrected chi connectivity index (χ1v) is 15.8. The fourth-order valence-corrected chi connectivity index (χ4v) is 6.57. The van der Waals surface area contributed by atoms with Crippen molar-refractivity contribution in [2.45, 2.75) is 96.7 Å². The van der Waals surface area contributed by atoms with Gasteiger partial charge >= 0.3 is 0 Å². The van der Waals surface area contributed by atoms with Crippen molar-refractivity contribution in [3.63, 3.8) is 0 Å². The molecule has 0 saturated carbocycles. The number of aromatic nitrogens is 2. The minimum atomic E-state index is -0.169. The van der Waals surface area contributed by atoms with Crippen LogP contribution in [-0.4, -0.2) is 90.9 Å². The lowest BCUT2D eigenvalue weighted by Crippen LogP contribution is -2.42. The molecular formula is C33H50N6O. The zero-order valence-corrected chi connectivity index (χ0v) is 25.3. The van der Waals surface area contributed by atoms with E-state index in [1.54, 1.807) is 7.11 Å². The molecule has 3 aliphatic heterocycles. The molecule has 218 valence electrons. The Bertz CT molecular complexity index is 1110. The first-order valence-electron chi connectivity index (χ1n) is 15.8. The number of nitrogens with zero attached hydrogens (tertiary/aromatic N) is 5. The van der Waals surface area contributed by atoms with Gasteiger partial charge in [-0.1, -0.05) is 24.7 Å². The minimum absolute atomic E-state index is 0.169. The van der Waals surface area contributed by atoms with Gasteiger partial charge in [0, 0.05) is 69.5 Å². The average molecular weight is 547 g/mol. The molecule has 5 rings (SSSR count). The van der Waals surface area contributed by atoms with Crippen molar-refractivity contribution in [1.29, 1.82) is 0 Å². The molecule has 0 aromatic carbocycles. The lowest BCUT2D eigenvalue weighted by Gasteiger charge is -2.35. The predicted molar refractivity (Wildman–Crippen MR) is 167 cm³/mol. The summed E-state index contributed by atoms with van der Waals surface area (Å²) in [4.78, 5) is 17.9. The van der Waals surface area contributed by atoms with Gasteiger partial charge in [-0.05, 0) is 90.1 Å². The lowest BCUT2D eigenvalue weighted by molar-refractivity contribution is 0.164. The molecule has 1 aliphatic carbocycles. The minimum Gasteiger partial charge on any atom is -0.372 e. The molecule has 7 nitrogen and oxygen atoms in total. The van der Waals surface area contributed by atoms with E-state index in [4.69, 9.17) is 14.7 Å². The SMILES string of the molecule is COC1C(C)=Cc2c(nc(N3CCCCCC3)nc2NC2CCN(C(C)C)CC2)C=C1C#CCCN1CCCC1. The monoisotopic (exact) mass is 546 g/mol.